The van der Waals surface area contributed by atoms with E-state index in [1.165, 1.54) is 37.2 Å². The molecule has 1 aliphatic rings. The average Bonchev–Trinajstić information content (AvgIpc) is 2.84. The van der Waals surface area contributed by atoms with Gasteiger partial charge in [0, 0.05) is 6.54 Å². The van der Waals surface area contributed by atoms with Crippen LogP contribution < -0.4 is 11.1 Å². The summed E-state index contributed by atoms with van der Waals surface area (Å²) < 4.78 is 4.17. The van der Waals surface area contributed by atoms with Gasteiger partial charge in [-0.15, -0.1) is 11.8 Å². The smallest absolute Gasteiger partial charge is 0.153 e. The van der Waals surface area contributed by atoms with E-state index in [0.29, 0.717) is 5.82 Å². The third-order valence-electron chi connectivity index (χ3n) is 2.90. The van der Waals surface area contributed by atoms with E-state index in [2.05, 4.69) is 9.69 Å². The van der Waals surface area contributed by atoms with Gasteiger partial charge in [-0.05, 0) is 36.5 Å². The van der Waals surface area contributed by atoms with Crippen molar-refractivity contribution < 1.29 is 0 Å². The number of hydrogen-bond acceptors (Lipinski definition) is 5. The van der Waals surface area contributed by atoms with Gasteiger partial charge in [-0.25, -0.2) is 0 Å². The van der Waals surface area contributed by atoms with Crippen LogP contribution in [-0.2, 0) is 0 Å². The molecule has 5 heteroatoms. The maximum atomic E-state index is 5.77. The molecule has 2 rings (SSSR count). The van der Waals surface area contributed by atoms with Crippen LogP contribution in [0, 0.1) is 5.92 Å². The number of nitrogen functional groups attached to an aromatic ring is 1. The van der Waals surface area contributed by atoms with Crippen molar-refractivity contribution in [3.8, 4) is 0 Å². The van der Waals surface area contributed by atoms with Gasteiger partial charge in [-0.2, -0.15) is 4.37 Å². The fourth-order valence-electron chi connectivity index (χ4n) is 2.06. The number of nitrogens with one attached hydrogen (secondary N) is 1. The molecule has 0 radical (unpaired) electrons. The molecule has 84 valence electrons. The molecule has 0 unspecified atom stereocenters. The zero-order valence-corrected chi connectivity index (χ0v) is 10.6. The van der Waals surface area contributed by atoms with Gasteiger partial charge >= 0.3 is 0 Å². The third kappa shape index (κ3) is 2.58. The van der Waals surface area contributed by atoms with Crippen molar-refractivity contribution in [2.24, 2.45) is 5.92 Å². The van der Waals surface area contributed by atoms with Crippen LogP contribution in [0.25, 0.3) is 0 Å². The van der Waals surface area contributed by atoms with Gasteiger partial charge in [-0.3, -0.25) is 0 Å². The molecule has 0 amide bonds. The molecule has 1 aromatic heterocycles. The molecule has 0 spiro atoms. The number of anilines is 2. The molecule has 0 saturated heterocycles. The van der Waals surface area contributed by atoms with Gasteiger partial charge in [0.15, 0.2) is 5.82 Å². The zero-order valence-electron chi connectivity index (χ0n) is 8.95. The highest BCUT2D eigenvalue weighted by atomic mass is 32.2. The second-order valence-electron chi connectivity index (χ2n) is 3.96. The van der Waals surface area contributed by atoms with E-state index >= 15 is 0 Å². The van der Waals surface area contributed by atoms with Gasteiger partial charge in [-0.1, -0.05) is 12.8 Å². The molecule has 1 fully saturated rings. The number of hydrogen-bond donors (Lipinski definition) is 2. The number of aromatic nitrogens is 1. The second kappa shape index (κ2) is 5.07. The first-order chi connectivity index (χ1) is 7.31. The van der Waals surface area contributed by atoms with E-state index in [1.807, 2.05) is 6.26 Å². The van der Waals surface area contributed by atoms with Crippen LogP contribution in [0.4, 0.5) is 10.8 Å². The Morgan fingerprint density at radius 1 is 1.53 bits per heavy atom. The van der Waals surface area contributed by atoms with Gasteiger partial charge in [0.25, 0.3) is 0 Å². The highest BCUT2D eigenvalue weighted by molar-refractivity contribution is 7.99. The lowest BCUT2D eigenvalue weighted by molar-refractivity contribution is 0.580. The largest absolute Gasteiger partial charge is 0.382 e. The van der Waals surface area contributed by atoms with E-state index in [9.17, 15) is 0 Å². The lowest BCUT2D eigenvalue weighted by Crippen LogP contribution is -2.10. The Morgan fingerprint density at radius 3 is 2.93 bits per heavy atom. The molecule has 1 heterocycles. The SMILES string of the molecule is CSc1c(N)nsc1NCC1CCCC1. The quantitative estimate of drug-likeness (QED) is 0.798. The first kappa shape index (κ1) is 11.1. The van der Waals surface area contributed by atoms with E-state index < -0.39 is 0 Å². The number of thioether (sulfide) groups is 1. The van der Waals surface area contributed by atoms with Gasteiger partial charge < -0.3 is 11.1 Å². The van der Waals surface area contributed by atoms with Crippen LogP contribution in [0.3, 0.4) is 0 Å². The fraction of sp³-hybridized carbons (Fsp3) is 0.700. The van der Waals surface area contributed by atoms with Gasteiger partial charge in [0.2, 0.25) is 0 Å². The van der Waals surface area contributed by atoms with Crippen molar-refractivity contribution in [3.63, 3.8) is 0 Å². The molecule has 1 aliphatic carbocycles. The number of nitrogens with two attached hydrogens (primary N) is 1. The predicted octanol–water partition coefficient (Wildman–Crippen LogP) is 3.05. The topological polar surface area (TPSA) is 50.9 Å². The monoisotopic (exact) mass is 243 g/mol. The molecular formula is C10H17N3S2. The molecule has 1 aromatic rings. The predicted molar refractivity (Wildman–Crippen MR) is 68.8 cm³/mol. The maximum Gasteiger partial charge on any atom is 0.153 e. The van der Waals surface area contributed by atoms with E-state index in [0.717, 1.165) is 22.4 Å². The molecule has 0 aliphatic heterocycles. The maximum absolute atomic E-state index is 5.77. The summed E-state index contributed by atoms with van der Waals surface area (Å²) in [4.78, 5) is 1.11. The molecule has 3 N–H and O–H groups in total. The Kier molecular flexibility index (Phi) is 3.75. The lowest BCUT2D eigenvalue weighted by Gasteiger charge is -2.10. The minimum Gasteiger partial charge on any atom is -0.382 e. The van der Waals surface area contributed by atoms with Crippen molar-refractivity contribution in [1.29, 1.82) is 0 Å². The highest BCUT2D eigenvalue weighted by Crippen LogP contribution is 2.35. The highest BCUT2D eigenvalue weighted by Gasteiger charge is 2.16. The van der Waals surface area contributed by atoms with Crippen LogP contribution in [0.2, 0.25) is 0 Å². The summed E-state index contributed by atoms with van der Waals surface area (Å²) in [6, 6.07) is 0. The summed E-state index contributed by atoms with van der Waals surface area (Å²) in [6.07, 6.45) is 7.58. The summed E-state index contributed by atoms with van der Waals surface area (Å²) in [7, 11) is 0. The Morgan fingerprint density at radius 2 is 2.27 bits per heavy atom. The molecule has 1 saturated carbocycles. The molecule has 3 nitrogen and oxygen atoms in total. The normalized spacial score (nSPS) is 17.1. The zero-order chi connectivity index (χ0) is 10.7. The van der Waals surface area contributed by atoms with Crippen molar-refractivity contribution in [2.45, 2.75) is 30.6 Å². The Bertz CT molecular complexity index is 318. The first-order valence-electron chi connectivity index (χ1n) is 5.34. The third-order valence-corrected chi connectivity index (χ3v) is 4.67. The molecule has 0 atom stereocenters. The van der Waals surface area contributed by atoms with Crippen LogP contribution >= 0.6 is 23.3 Å². The summed E-state index contributed by atoms with van der Waals surface area (Å²) in [5.41, 5.74) is 5.77. The molecule has 0 aromatic carbocycles. The molecular weight excluding hydrogens is 226 g/mol. The number of rotatable bonds is 4. The van der Waals surface area contributed by atoms with E-state index in [-0.39, 0.29) is 0 Å². The summed E-state index contributed by atoms with van der Waals surface area (Å²) >= 11 is 3.15. The minimum atomic E-state index is 0.668. The van der Waals surface area contributed by atoms with Gasteiger partial charge in [0.1, 0.15) is 5.00 Å². The average molecular weight is 243 g/mol. The molecule has 15 heavy (non-hydrogen) atoms. The van der Waals surface area contributed by atoms with Crippen LogP contribution in [0.15, 0.2) is 4.90 Å². The number of nitrogens with zero attached hydrogens (tertiary/aromatic N) is 1. The van der Waals surface area contributed by atoms with E-state index in [1.54, 1.807) is 11.8 Å². The summed E-state index contributed by atoms with van der Waals surface area (Å²) in [6.45, 7) is 1.08. The molecule has 0 bridgehead atoms. The lowest BCUT2D eigenvalue weighted by atomic mass is 10.1. The van der Waals surface area contributed by atoms with Crippen LogP contribution in [-0.4, -0.2) is 17.2 Å². The Hall–Kier alpha value is -0.420. The standard InChI is InChI=1S/C10H17N3S2/c1-14-8-9(11)13-15-10(8)12-6-7-4-2-3-5-7/h7,12H,2-6H2,1H3,(H2,11,13). The fourth-order valence-corrected chi connectivity index (χ4v) is 3.60. The minimum absolute atomic E-state index is 0.668. The van der Waals surface area contributed by atoms with Crippen LogP contribution in [0.5, 0.6) is 0 Å². The Labute approximate surface area is 99.0 Å². The van der Waals surface area contributed by atoms with Crippen molar-refractivity contribution in [3.05, 3.63) is 0 Å². The summed E-state index contributed by atoms with van der Waals surface area (Å²) in [5, 5.41) is 4.63. The van der Waals surface area contributed by atoms with Crippen LogP contribution in [0.1, 0.15) is 25.7 Å². The van der Waals surface area contributed by atoms with E-state index in [4.69, 9.17) is 5.73 Å². The first-order valence-corrected chi connectivity index (χ1v) is 7.34. The van der Waals surface area contributed by atoms with Crippen molar-refractivity contribution in [1.82, 2.24) is 4.37 Å². The Balaban J connectivity index is 1.92. The van der Waals surface area contributed by atoms with Crippen molar-refractivity contribution >= 4 is 34.1 Å². The second-order valence-corrected chi connectivity index (χ2v) is 5.55. The van der Waals surface area contributed by atoms with Crippen molar-refractivity contribution in [2.75, 3.05) is 23.9 Å². The van der Waals surface area contributed by atoms with Gasteiger partial charge in [0.05, 0.1) is 4.90 Å². The summed E-state index contributed by atoms with van der Waals surface area (Å²) in [5.74, 6) is 1.52.